The van der Waals surface area contributed by atoms with Gasteiger partial charge in [-0.2, -0.15) is 0 Å². The van der Waals surface area contributed by atoms with Crippen molar-refractivity contribution in [1.29, 1.82) is 0 Å². The lowest BCUT2D eigenvalue weighted by molar-refractivity contribution is 0.102. The van der Waals surface area contributed by atoms with Crippen molar-refractivity contribution in [3.05, 3.63) is 70.1 Å². The van der Waals surface area contributed by atoms with E-state index >= 15 is 0 Å². The highest BCUT2D eigenvalue weighted by Crippen LogP contribution is 2.22. The van der Waals surface area contributed by atoms with E-state index in [1.807, 2.05) is 13.8 Å². The molecule has 5 heteroatoms. The number of carbonyl (C=O) groups excluding carboxylic acids is 1. The quantitative estimate of drug-likeness (QED) is 0.705. The maximum Gasteiger partial charge on any atom is 0.339 e. The summed E-state index contributed by atoms with van der Waals surface area (Å²) in [4.78, 5) is 23.9. The minimum absolute atomic E-state index is 0. The Morgan fingerprint density at radius 3 is 2.56 bits per heavy atom. The summed E-state index contributed by atoms with van der Waals surface area (Å²) in [6, 6.07) is 13.8. The summed E-state index contributed by atoms with van der Waals surface area (Å²) in [6.45, 7) is 5.69. The molecule has 3 aromatic rings. The molecule has 1 amide bonds. The molecule has 5 nitrogen and oxygen atoms in total. The molecule has 25 heavy (non-hydrogen) atoms. The van der Waals surface area contributed by atoms with Gasteiger partial charge in [0.15, 0.2) is 0 Å². The molecule has 0 aliphatic heterocycles. The van der Waals surface area contributed by atoms with E-state index in [0.29, 0.717) is 28.1 Å². The van der Waals surface area contributed by atoms with Crippen LogP contribution in [0, 0.1) is 6.92 Å². The van der Waals surface area contributed by atoms with Crippen LogP contribution >= 0.6 is 0 Å². The molecule has 3 rings (SSSR count). The average Bonchev–Trinajstić information content (AvgIpc) is 2.64. The molecule has 1 N–H and O–H groups in total. The number of anilines is 1. The van der Waals surface area contributed by atoms with E-state index in [1.165, 1.54) is 7.11 Å². The molecule has 1 heterocycles. The zero-order valence-corrected chi connectivity index (χ0v) is 14.8. The third-order valence-corrected chi connectivity index (χ3v) is 3.52. The highest BCUT2D eigenvalue weighted by molar-refractivity contribution is 6.06. The molecular formula is C20H23NO4. The molecule has 0 bridgehead atoms. The van der Waals surface area contributed by atoms with Crippen LogP contribution in [0.1, 0.15) is 31.2 Å². The second-order valence-electron chi connectivity index (χ2n) is 5.12. The second-order valence-corrected chi connectivity index (χ2v) is 5.12. The first kappa shape index (κ1) is 18.3. The van der Waals surface area contributed by atoms with Gasteiger partial charge in [-0.25, -0.2) is 4.79 Å². The van der Waals surface area contributed by atoms with Gasteiger partial charge in [-0.05, 0) is 43.3 Å². The zero-order chi connectivity index (χ0) is 18.4. The maximum atomic E-state index is 12.4. The van der Waals surface area contributed by atoms with Crippen molar-refractivity contribution < 1.29 is 15.4 Å². The van der Waals surface area contributed by atoms with E-state index in [9.17, 15) is 9.59 Å². The van der Waals surface area contributed by atoms with Gasteiger partial charge in [0.05, 0.1) is 12.7 Å². The van der Waals surface area contributed by atoms with E-state index < -0.39 is 0 Å². The Labute approximate surface area is 147 Å². The molecule has 0 saturated heterocycles. The van der Waals surface area contributed by atoms with Crippen LogP contribution in [0.4, 0.5) is 5.69 Å². The normalized spacial score (nSPS) is 9.92. The minimum Gasteiger partial charge on any atom is -0.496 e. The Balaban J connectivity index is 0.00000109. The first-order chi connectivity index (χ1) is 12.1. The molecule has 0 unspecified atom stereocenters. The molecule has 0 saturated carbocycles. The summed E-state index contributed by atoms with van der Waals surface area (Å²) in [5, 5.41) is 3.57. The second kappa shape index (κ2) is 8.15. The molecule has 0 fully saturated rings. The first-order valence-corrected chi connectivity index (χ1v) is 8.07. The van der Waals surface area contributed by atoms with E-state index in [4.69, 9.17) is 9.15 Å². The number of rotatable bonds is 3. The van der Waals surface area contributed by atoms with Crippen LogP contribution in [0.5, 0.6) is 5.75 Å². The Morgan fingerprint density at radius 2 is 1.84 bits per heavy atom. The number of fused-ring (bicyclic) bond motifs is 1. The Hall–Kier alpha value is -3.08. The van der Waals surface area contributed by atoms with Gasteiger partial charge in [0.25, 0.3) is 5.91 Å². The van der Waals surface area contributed by atoms with Gasteiger partial charge in [0.2, 0.25) is 0 Å². The van der Waals surface area contributed by atoms with Crippen molar-refractivity contribution in [2.24, 2.45) is 0 Å². The van der Waals surface area contributed by atoms with E-state index in [1.54, 1.807) is 55.5 Å². The molecule has 0 aliphatic carbocycles. The third kappa shape index (κ3) is 4.07. The predicted octanol–water partition coefficient (Wildman–Crippen LogP) is 4.63. The van der Waals surface area contributed by atoms with E-state index in [0.717, 1.165) is 5.39 Å². The van der Waals surface area contributed by atoms with Crippen molar-refractivity contribution in [2.75, 3.05) is 12.4 Å². The summed E-state index contributed by atoms with van der Waals surface area (Å²) < 4.78 is 10.4. The molecule has 0 radical (unpaired) electrons. The fourth-order valence-corrected chi connectivity index (χ4v) is 2.34. The van der Waals surface area contributed by atoms with Crippen LogP contribution in [0.2, 0.25) is 0 Å². The SMILES string of the molecule is CC.COc1ccccc1C(=O)Nc1ccc2oc(=O)c(C)cc2c1.[HH]. The fourth-order valence-electron chi connectivity index (χ4n) is 2.34. The van der Waals surface area contributed by atoms with Crippen molar-refractivity contribution in [3.8, 4) is 5.75 Å². The van der Waals surface area contributed by atoms with Gasteiger partial charge in [-0.3, -0.25) is 4.79 Å². The Morgan fingerprint density at radius 1 is 1.12 bits per heavy atom. The lowest BCUT2D eigenvalue weighted by atomic mass is 10.1. The average molecular weight is 341 g/mol. The zero-order valence-electron chi connectivity index (χ0n) is 14.8. The Bertz CT molecular complexity index is 950. The molecule has 0 atom stereocenters. The predicted molar refractivity (Wildman–Crippen MR) is 102 cm³/mol. The van der Waals surface area contributed by atoms with Crippen LogP contribution < -0.4 is 15.7 Å². The molecule has 2 aromatic carbocycles. The highest BCUT2D eigenvalue weighted by Gasteiger charge is 2.12. The number of para-hydroxylation sites is 1. The lowest BCUT2D eigenvalue weighted by Gasteiger charge is -2.09. The van der Waals surface area contributed by atoms with E-state index in [2.05, 4.69) is 5.32 Å². The van der Waals surface area contributed by atoms with Gasteiger partial charge in [0.1, 0.15) is 11.3 Å². The van der Waals surface area contributed by atoms with Crippen LogP contribution in [0.15, 0.2) is 57.7 Å². The monoisotopic (exact) mass is 341 g/mol. The van der Waals surface area contributed by atoms with Crippen molar-refractivity contribution in [2.45, 2.75) is 20.8 Å². The van der Waals surface area contributed by atoms with Gasteiger partial charge < -0.3 is 14.5 Å². The number of hydrogen-bond acceptors (Lipinski definition) is 4. The number of nitrogens with one attached hydrogen (secondary N) is 1. The topological polar surface area (TPSA) is 68.5 Å². The number of ether oxygens (including phenoxy) is 1. The van der Waals surface area contributed by atoms with Crippen LogP contribution in [0.3, 0.4) is 0 Å². The lowest BCUT2D eigenvalue weighted by Crippen LogP contribution is -2.13. The number of methoxy groups -OCH3 is 1. The minimum atomic E-state index is -0.358. The van der Waals surface area contributed by atoms with Gasteiger partial charge in [-0.15, -0.1) is 0 Å². The smallest absolute Gasteiger partial charge is 0.339 e. The molecule has 0 aliphatic rings. The molecular weight excluding hydrogens is 318 g/mol. The van der Waals surface area contributed by atoms with Crippen molar-refractivity contribution in [1.82, 2.24) is 0 Å². The maximum absolute atomic E-state index is 12.4. The summed E-state index contributed by atoms with van der Waals surface area (Å²) in [5.41, 5.74) is 1.71. The number of aryl methyl sites for hydroxylation is 1. The molecule has 132 valence electrons. The van der Waals surface area contributed by atoms with Gasteiger partial charge in [-0.1, -0.05) is 26.0 Å². The van der Waals surface area contributed by atoms with E-state index in [-0.39, 0.29) is 13.0 Å². The summed E-state index contributed by atoms with van der Waals surface area (Å²) in [7, 11) is 1.52. The van der Waals surface area contributed by atoms with Gasteiger partial charge in [0, 0.05) is 18.1 Å². The largest absolute Gasteiger partial charge is 0.496 e. The summed E-state index contributed by atoms with van der Waals surface area (Å²) in [5.74, 6) is 0.239. The van der Waals surface area contributed by atoms with Crippen LogP contribution in [0.25, 0.3) is 11.0 Å². The van der Waals surface area contributed by atoms with Crippen molar-refractivity contribution >= 4 is 22.6 Å². The number of hydrogen-bond donors (Lipinski definition) is 1. The highest BCUT2D eigenvalue weighted by atomic mass is 16.5. The summed E-state index contributed by atoms with van der Waals surface area (Å²) >= 11 is 0. The fraction of sp³-hybridized carbons (Fsp3) is 0.200. The van der Waals surface area contributed by atoms with Crippen LogP contribution in [-0.2, 0) is 0 Å². The Kier molecular flexibility index (Phi) is 5.95. The van der Waals surface area contributed by atoms with Crippen molar-refractivity contribution in [3.63, 3.8) is 0 Å². The molecule has 1 aromatic heterocycles. The first-order valence-electron chi connectivity index (χ1n) is 8.07. The summed E-state index contributed by atoms with van der Waals surface area (Å²) in [6.07, 6.45) is 0. The third-order valence-electron chi connectivity index (χ3n) is 3.52. The van der Waals surface area contributed by atoms with Gasteiger partial charge >= 0.3 is 5.63 Å². The standard InChI is InChI=1S/C18H15NO4.C2H6.H2/c1-11-9-12-10-13(7-8-15(12)23-18(11)21)19-17(20)14-5-3-4-6-16(14)22-2;1-2;/h3-10H,1-2H3,(H,19,20);1-2H3;1H. The van der Waals surface area contributed by atoms with Crippen LogP contribution in [-0.4, -0.2) is 13.0 Å². The number of benzene rings is 2. The molecule has 0 spiro atoms. The number of amides is 1. The number of carbonyl (C=O) groups is 1.